The number of carbonyl (C=O) groups is 1. The number of fused-ring (bicyclic) bond motifs is 1. The quantitative estimate of drug-likeness (QED) is 0.788. The first-order chi connectivity index (χ1) is 13.7. The highest BCUT2D eigenvalue weighted by Gasteiger charge is 2.30. The Hall–Kier alpha value is -2.38. The smallest absolute Gasteiger partial charge is 0.304 e. The van der Waals surface area contributed by atoms with Crippen molar-refractivity contribution in [2.24, 2.45) is 0 Å². The van der Waals surface area contributed by atoms with E-state index in [9.17, 15) is 13.2 Å². The van der Waals surface area contributed by atoms with E-state index < -0.39 is 10.2 Å². The average molecular weight is 416 g/mol. The van der Waals surface area contributed by atoms with Crippen LogP contribution in [0.25, 0.3) is 0 Å². The minimum Gasteiger partial charge on any atom is -0.348 e. The van der Waals surface area contributed by atoms with Crippen molar-refractivity contribution >= 4 is 21.8 Å². The molecule has 6 nitrogen and oxygen atoms in total. The van der Waals surface area contributed by atoms with Gasteiger partial charge >= 0.3 is 10.2 Å². The molecule has 0 aliphatic heterocycles. The number of anilines is 1. The van der Waals surface area contributed by atoms with Crippen LogP contribution >= 0.6 is 0 Å². The van der Waals surface area contributed by atoms with Crippen LogP contribution in [0.15, 0.2) is 42.5 Å². The van der Waals surface area contributed by atoms with Gasteiger partial charge in [-0.3, -0.25) is 4.79 Å². The summed E-state index contributed by atoms with van der Waals surface area (Å²) in [7, 11) is -0.872. The molecule has 29 heavy (non-hydrogen) atoms. The lowest BCUT2D eigenvalue weighted by Gasteiger charge is -2.30. The van der Waals surface area contributed by atoms with Crippen LogP contribution < -0.4 is 9.62 Å². The fourth-order valence-electron chi connectivity index (χ4n) is 3.75. The van der Waals surface area contributed by atoms with E-state index >= 15 is 0 Å². The summed E-state index contributed by atoms with van der Waals surface area (Å²) in [6, 6.07) is 13.6. The number of nitrogens with one attached hydrogen (secondary N) is 1. The predicted octanol–water partition coefficient (Wildman–Crippen LogP) is 3.11. The Labute approximate surface area is 173 Å². The van der Waals surface area contributed by atoms with Crippen molar-refractivity contribution in [3.8, 4) is 0 Å². The maximum atomic E-state index is 13.0. The minimum absolute atomic E-state index is 0.0880. The van der Waals surface area contributed by atoms with E-state index in [2.05, 4.69) is 11.4 Å². The van der Waals surface area contributed by atoms with Gasteiger partial charge in [0.2, 0.25) is 5.91 Å². The zero-order valence-corrected chi connectivity index (χ0v) is 18.3. The van der Waals surface area contributed by atoms with E-state index in [0.717, 1.165) is 40.3 Å². The number of rotatable bonds is 6. The normalized spacial score (nSPS) is 16.4. The van der Waals surface area contributed by atoms with Gasteiger partial charge in [0.05, 0.1) is 11.7 Å². The molecule has 3 rings (SSSR count). The van der Waals surface area contributed by atoms with Gasteiger partial charge in [-0.1, -0.05) is 36.4 Å². The summed E-state index contributed by atoms with van der Waals surface area (Å²) >= 11 is 0. The van der Waals surface area contributed by atoms with Gasteiger partial charge in [-0.15, -0.1) is 0 Å². The molecule has 0 aromatic heterocycles. The maximum Gasteiger partial charge on any atom is 0.304 e. The second-order valence-electron chi connectivity index (χ2n) is 7.80. The zero-order chi connectivity index (χ0) is 21.2. The molecule has 2 aromatic rings. The Bertz CT molecular complexity index is 1000. The predicted molar refractivity (Wildman–Crippen MR) is 116 cm³/mol. The van der Waals surface area contributed by atoms with Gasteiger partial charge in [0.1, 0.15) is 6.54 Å². The number of hydrogen-bond donors (Lipinski definition) is 1. The molecule has 1 N–H and O–H groups in total. The lowest BCUT2D eigenvalue weighted by molar-refractivity contribution is -0.120. The summed E-state index contributed by atoms with van der Waals surface area (Å²) < 4.78 is 28.3. The molecule has 0 saturated heterocycles. The molecule has 1 aliphatic rings. The zero-order valence-electron chi connectivity index (χ0n) is 17.5. The van der Waals surface area contributed by atoms with Gasteiger partial charge in [-0.25, -0.2) is 4.31 Å². The average Bonchev–Trinajstić information content (AvgIpc) is 2.68. The lowest BCUT2D eigenvalue weighted by Crippen LogP contribution is -2.46. The fourth-order valence-corrected chi connectivity index (χ4v) is 4.87. The highest BCUT2D eigenvalue weighted by Crippen LogP contribution is 2.30. The second-order valence-corrected chi connectivity index (χ2v) is 9.86. The third kappa shape index (κ3) is 4.62. The molecule has 0 spiro atoms. The fraction of sp³-hybridized carbons (Fsp3) is 0.409. The number of nitrogens with zero attached hydrogens (tertiary/aromatic N) is 2. The van der Waals surface area contributed by atoms with Crippen molar-refractivity contribution in [2.45, 2.75) is 39.2 Å². The van der Waals surface area contributed by atoms with E-state index in [0.29, 0.717) is 5.69 Å². The van der Waals surface area contributed by atoms with Crippen LogP contribution in [-0.4, -0.2) is 39.3 Å². The molecular formula is C22H29N3O3S. The molecule has 1 aliphatic carbocycles. The molecule has 156 valence electrons. The first kappa shape index (κ1) is 21.3. The van der Waals surface area contributed by atoms with Gasteiger partial charge in [0, 0.05) is 14.1 Å². The Morgan fingerprint density at radius 1 is 1.14 bits per heavy atom. The molecule has 1 unspecified atom stereocenters. The van der Waals surface area contributed by atoms with Crippen LogP contribution in [-0.2, 0) is 21.4 Å². The summed E-state index contributed by atoms with van der Waals surface area (Å²) in [5, 5.41) is 3.06. The molecule has 1 amide bonds. The standard InChI is InChI=1S/C22H29N3O3S/c1-16-12-13-17(2)21(14-16)25(29(27,28)24(3)4)15-22(26)23-20-11-7-9-18-8-5-6-10-19(18)20/h5-6,8,10,12-14,20H,7,9,11,15H2,1-4H3,(H,23,26). The van der Waals surface area contributed by atoms with E-state index in [1.807, 2.05) is 44.2 Å². The molecule has 0 heterocycles. The number of aryl methyl sites for hydroxylation is 3. The molecular weight excluding hydrogens is 386 g/mol. The number of benzene rings is 2. The number of amides is 1. The maximum absolute atomic E-state index is 13.0. The van der Waals surface area contributed by atoms with Crippen molar-refractivity contribution in [1.29, 1.82) is 0 Å². The van der Waals surface area contributed by atoms with Crippen molar-refractivity contribution in [2.75, 3.05) is 24.9 Å². The number of hydrogen-bond acceptors (Lipinski definition) is 3. The van der Waals surface area contributed by atoms with Crippen LogP contribution in [0.3, 0.4) is 0 Å². The van der Waals surface area contributed by atoms with E-state index in [1.54, 1.807) is 6.07 Å². The molecule has 0 saturated carbocycles. The van der Waals surface area contributed by atoms with Gasteiger partial charge in [0.25, 0.3) is 0 Å². The van der Waals surface area contributed by atoms with Crippen molar-refractivity contribution in [3.63, 3.8) is 0 Å². The molecule has 0 radical (unpaired) electrons. The van der Waals surface area contributed by atoms with Gasteiger partial charge in [-0.05, 0) is 61.4 Å². The summed E-state index contributed by atoms with van der Waals surface area (Å²) in [4.78, 5) is 12.9. The van der Waals surface area contributed by atoms with Crippen LogP contribution in [0.5, 0.6) is 0 Å². The Morgan fingerprint density at radius 2 is 1.86 bits per heavy atom. The number of carbonyl (C=O) groups excluding carboxylic acids is 1. The van der Waals surface area contributed by atoms with Gasteiger partial charge < -0.3 is 5.32 Å². The van der Waals surface area contributed by atoms with Crippen LogP contribution in [0.4, 0.5) is 5.69 Å². The Morgan fingerprint density at radius 3 is 2.59 bits per heavy atom. The first-order valence-electron chi connectivity index (χ1n) is 9.84. The monoisotopic (exact) mass is 415 g/mol. The first-order valence-corrected chi connectivity index (χ1v) is 11.2. The molecule has 7 heteroatoms. The molecule has 2 aromatic carbocycles. The summed E-state index contributed by atoms with van der Waals surface area (Å²) in [5.74, 6) is -0.307. The Kier molecular flexibility index (Phi) is 6.29. The highest BCUT2D eigenvalue weighted by atomic mass is 32.2. The molecule has 0 fully saturated rings. The lowest BCUT2D eigenvalue weighted by atomic mass is 9.88. The minimum atomic E-state index is -3.82. The van der Waals surface area contributed by atoms with E-state index in [-0.39, 0.29) is 18.5 Å². The Balaban J connectivity index is 1.87. The summed E-state index contributed by atoms with van der Waals surface area (Å²) in [6.07, 6.45) is 2.86. The van der Waals surface area contributed by atoms with Crippen LogP contribution in [0.2, 0.25) is 0 Å². The summed E-state index contributed by atoms with van der Waals surface area (Å²) in [5.41, 5.74) is 4.64. The van der Waals surface area contributed by atoms with Crippen molar-refractivity contribution in [1.82, 2.24) is 9.62 Å². The third-order valence-corrected chi connectivity index (χ3v) is 7.17. The van der Waals surface area contributed by atoms with Gasteiger partial charge in [0.15, 0.2) is 0 Å². The van der Waals surface area contributed by atoms with Crippen molar-refractivity contribution < 1.29 is 13.2 Å². The van der Waals surface area contributed by atoms with E-state index in [1.165, 1.54) is 24.0 Å². The summed E-state index contributed by atoms with van der Waals surface area (Å²) in [6.45, 7) is 3.49. The molecule has 1 atom stereocenters. The van der Waals surface area contributed by atoms with E-state index in [4.69, 9.17) is 0 Å². The SMILES string of the molecule is Cc1ccc(C)c(N(CC(=O)NC2CCCc3ccccc32)S(=O)(=O)N(C)C)c1. The topological polar surface area (TPSA) is 69.7 Å². The third-order valence-electron chi connectivity index (χ3n) is 5.37. The van der Waals surface area contributed by atoms with Crippen LogP contribution in [0, 0.1) is 13.8 Å². The van der Waals surface area contributed by atoms with Crippen LogP contribution in [0.1, 0.15) is 41.1 Å². The van der Waals surface area contributed by atoms with Gasteiger partial charge in [-0.2, -0.15) is 12.7 Å². The molecule has 0 bridgehead atoms. The highest BCUT2D eigenvalue weighted by molar-refractivity contribution is 7.90. The largest absolute Gasteiger partial charge is 0.348 e. The second kappa shape index (κ2) is 8.55. The van der Waals surface area contributed by atoms with Crippen molar-refractivity contribution in [3.05, 3.63) is 64.7 Å².